The molecule has 130 valence electrons. The van der Waals surface area contributed by atoms with Crippen molar-refractivity contribution in [3.8, 4) is 22.4 Å². The van der Waals surface area contributed by atoms with Crippen molar-refractivity contribution in [1.82, 2.24) is 9.55 Å². The van der Waals surface area contributed by atoms with Crippen LogP contribution in [0.25, 0.3) is 22.4 Å². The summed E-state index contributed by atoms with van der Waals surface area (Å²) in [5, 5.41) is 0. The fraction of sp³-hybridized carbons (Fsp3) is 0. The first kappa shape index (κ1) is 16.7. The summed E-state index contributed by atoms with van der Waals surface area (Å²) in [6.07, 6.45) is 1.46. The molecule has 0 spiro atoms. The largest absolute Gasteiger partial charge is 0.283 e. The molecule has 4 aromatic rings. The Morgan fingerprint density at radius 2 is 1.33 bits per heavy atom. The molecule has 2 aromatic carbocycles. The summed E-state index contributed by atoms with van der Waals surface area (Å²) >= 11 is 0. The van der Waals surface area contributed by atoms with Gasteiger partial charge in [-0.15, -0.1) is 0 Å². The van der Waals surface area contributed by atoms with Gasteiger partial charge in [-0.1, -0.05) is 66.7 Å². The maximum atomic E-state index is 12.9. The Labute approximate surface area is 156 Å². The summed E-state index contributed by atoms with van der Waals surface area (Å²) in [7, 11) is 0. The van der Waals surface area contributed by atoms with Crippen molar-refractivity contribution in [1.29, 1.82) is 0 Å². The third kappa shape index (κ3) is 3.46. The molecule has 4 nitrogen and oxygen atoms in total. The number of benzene rings is 2. The van der Waals surface area contributed by atoms with Crippen LogP contribution in [0.2, 0.25) is 0 Å². The normalized spacial score (nSPS) is 10.5. The Morgan fingerprint density at radius 1 is 0.704 bits per heavy atom. The molecule has 0 fully saturated rings. The summed E-state index contributed by atoms with van der Waals surface area (Å²) in [6, 6.07) is 27.8. The van der Waals surface area contributed by atoms with E-state index in [1.54, 1.807) is 18.2 Å². The minimum Gasteiger partial charge on any atom is -0.269 e. The van der Waals surface area contributed by atoms with Gasteiger partial charge < -0.3 is 0 Å². The van der Waals surface area contributed by atoms with Gasteiger partial charge in [0.2, 0.25) is 0 Å². The summed E-state index contributed by atoms with van der Waals surface area (Å²) < 4.78 is 1.08. The monoisotopic (exact) mass is 352 g/mol. The van der Waals surface area contributed by atoms with E-state index < -0.39 is 5.91 Å². The van der Waals surface area contributed by atoms with Crippen LogP contribution in [0.1, 0.15) is 10.5 Å². The standard InChI is InChI=1S/C23H16N2O2/c26-22-13-7-8-14-25(22)23(27)21-16-19(17-9-3-1-4-10-17)15-20(24-21)18-11-5-2-6-12-18/h1-16H. The molecule has 0 amide bonds. The Kier molecular flexibility index (Phi) is 4.45. The van der Waals surface area contributed by atoms with Crippen LogP contribution >= 0.6 is 0 Å². The Morgan fingerprint density at radius 3 is 2.00 bits per heavy atom. The zero-order valence-electron chi connectivity index (χ0n) is 14.4. The number of nitrogens with zero attached hydrogens (tertiary/aromatic N) is 2. The van der Waals surface area contributed by atoms with Crippen LogP contribution in [0, 0.1) is 0 Å². The molecule has 0 aliphatic heterocycles. The van der Waals surface area contributed by atoms with Crippen molar-refractivity contribution in [2.75, 3.05) is 0 Å². The van der Waals surface area contributed by atoms with Gasteiger partial charge in [-0.2, -0.15) is 0 Å². The van der Waals surface area contributed by atoms with E-state index in [2.05, 4.69) is 4.98 Å². The number of pyridine rings is 2. The fourth-order valence-electron chi connectivity index (χ4n) is 2.91. The molecule has 0 unspecified atom stereocenters. The lowest BCUT2D eigenvalue weighted by Crippen LogP contribution is -2.26. The highest BCUT2D eigenvalue weighted by Crippen LogP contribution is 2.26. The first-order valence-corrected chi connectivity index (χ1v) is 8.58. The molecule has 0 aliphatic carbocycles. The number of aromatic nitrogens is 2. The average Bonchev–Trinajstić information content (AvgIpc) is 2.74. The van der Waals surface area contributed by atoms with E-state index >= 15 is 0 Å². The minimum absolute atomic E-state index is 0.225. The molecule has 2 aromatic heterocycles. The highest BCUT2D eigenvalue weighted by Gasteiger charge is 2.15. The maximum Gasteiger partial charge on any atom is 0.283 e. The van der Waals surface area contributed by atoms with Crippen LogP contribution in [0.4, 0.5) is 0 Å². The summed E-state index contributed by atoms with van der Waals surface area (Å²) in [6.45, 7) is 0. The van der Waals surface area contributed by atoms with Gasteiger partial charge in [-0.25, -0.2) is 9.55 Å². The third-order valence-electron chi connectivity index (χ3n) is 4.26. The second-order valence-electron chi connectivity index (χ2n) is 6.07. The number of carbonyl (C=O) groups is 1. The van der Waals surface area contributed by atoms with E-state index in [0.717, 1.165) is 21.3 Å². The molecule has 0 N–H and O–H groups in total. The quantitative estimate of drug-likeness (QED) is 0.553. The van der Waals surface area contributed by atoms with Gasteiger partial charge in [0.05, 0.1) is 5.69 Å². The predicted octanol–water partition coefficient (Wildman–Crippen LogP) is 4.27. The van der Waals surface area contributed by atoms with Crippen LogP contribution < -0.4 is 5.56 Å². The molecule has 2 heterocycles. The predicted molar refractivity (Wildman–Crippen MR) is 106 cm³/mol. The zero-order valence-corrected chi connectivity index (χ0v) is 14.4. The van der Waals surface area contributed by atoms with Crippen molar-refractivity contribution >= 4 is 5.91 Å². The van der Waals surface area contributed by atoms with Crippen LogP contribution in [0.3, 0.4) is 0 Å². The van der Waals surface area contributed by atoms with Gasteiger partial charge in [0.15, 0.2) is 0 Å². The Bertz CT molecular complexity index is 1090. The first-order valence-electron chi connectivity index (χ1n) is 8.58. The minimum atomic E-state index is -0.449. The maximum absolute atomic E-state index is 12.9. The topological polar surface area (TPSA) is 52.0 Å². The Balaban J connectivity index is 1.90. The molecule has 0 saturated carbocycles. The number of carbonyl (C=O) groups excluding carboxylic acids is 1. The first-order chi connectivity index (χ1) is 13.2. The van der Waals surface area contributed by atoms with E-state index in [1.807, 2.05) is 66.7 Å². The molecule has 4 heteroatoms. The lowest BCUT2D eigenvalue weighted by Gasteiger charge is -2.10. The molecule has 27 heavy (non-hydrogen) atoms. The number of hydrogen-bond donors (Lipinski definition) is 0. The van der Waals surface area contributed by atoms with Gasteiger partial charge >= 0.3 is 0 Å². The fourth-order valence-corrected chi connectivity index (χ4v) is 2.91. The van der Waals surface area contributed by atoms with Crippen molar-refractivity contribution in [2.45, 2.75) is 0 Å². The van der Waals surface area contributed by atoms with Crippen molar-refractivity contribution < 1.29 is 4.79 Å². The van der Waals surface area contributed by atoms with Gasteiger partial charge in [0.1, 0.15) is 5.69 Å². The van der Waals surface area contributed by atoms with Crippen LogP contribution in [0.15, 0.2) is 102 Å². The third-order valence-corrected chi connectivity index (χ3v) is 4.26. The van der Waals surface area contributed by atoms with Crippen molar-refractivity contribution in [3.05, 3.63) is 113 Å². The van der Waals surface area contributed by atoms with Crippen LogP contribution in [0.5, 0.6) is 0 Å². The van der Waals surface area contributed by atoms with Gasteiger partial charge in [0.25, 0.3) is 11.5 Å². The van der Waals surface area contributed by atoms with E-state index in [9.17, 15) is 9.59 Å². The number of hydrogen-bond acceptors (Lipinski definition) is 3. The van der Waals surface area contributed by atoms with Gasteiger partial charge in [-0.05, 0) is 29.3 Å². The molecule has 0 atom stereocenters. The smallest absolute Gasteiger partial charge is 0.269 e. The number of rotatable bonds is 3. The highest BCUT2D eigenvalue weighted by molar-refractivity contribution is 5.96. The SMILES string of the molecule is O=C(c1cc(-c2ccccc2)cc(-c2ccccc2)n1)n1ccccc1=O. The van der Waals surface area contributed by atoms with Crippen molar-refractivity contribution in [2.24, 2.45) is 0 Å². The van der Waals surface area contributed by atoms with Crippen LogP contribution in [-0.2, 0) is 0 Å². The molecule has 4 rings (SSSR count). The van der Waals surface area contributed by atoms with Crippen LogP contribution in [-0.4, -0.2) is 15.5 Å². The summed E-state index contributed by atoms with van der Waals surface area (Å²) in [5.74, 6) is -0.449. The van der Waals surface area contributed by atoms with E-state index in [1.165, 1.54) is 12.3 Å². The molecule has 0 saturated heterocycles. The van der Waals surface area contributed by atoms with E-state index in [4.69, 9.17) is 0 Å². The second-order valence-corrected chi connectivity index (χ2v) is 6.07. The molecule has 0 radical (unpaired) electrons. The van der Waals surface area contributed by atoms with Gasteiger partial charge in [0, 0.05) is 17.8 Å². The zero-order chi connectivity index (χ0) is 18.6. The molecular weight excluding hydrogens is 336 g/mol. The lowest BCUT2D eigenvalue weighted by atomic mass is 10.0. The second kappa shape index (κ2) is 7.22. The Hall–Kier alpha value is -3.79. The summed E-state index contributed by atoms with van der Waals surface area (Å²) in [5.41, 5.74) is 3.29. The molecule has 0 bridgehead atoms. The lowest BCUT2D eigenvalue weighted by molar-refractivity contribution is 0.0951. The molecular formula is C23H16N2O2. The van der Waals surface area contributed by atoms with E-state index in [0.29, 0.717) is 5.69 Å². The van der Waals surface area contributed by atoms with E-state index in [-0.39, 0.29) is 11.3 Å². The van der Waals surface area contributed by atoms with Crippen molar-refractivity contribution in [3.63, 3.8) is 0 Å². The van der Waals surface area contributed by atoms with Gasteiger partial charge in [-0.3, -0.25) is 9.59 Å². The average molecular weight is 352 g/mol. The molecule has 0 aliphatic rings. The highest BCUT2D eigenvalue weighted by atomic mass is 16.2. The summed E-state index contributed by atoms with van der Waals surface area (Å²) in [4.78, 5) is 29.5.